The molecule has 0 saturated carbocycles. The van der Waals surface area contributed by atoms with Crippen LogP contribution in [0.1, 0.15) is 16.7 Å². The Hall–Kier alpha value is -2.02. The summed E-state index contributed by atoms with van der Waals surface area (Å²) in [6.45, 7) is 1.76. The van der Waals surface area contributed by atoms with E-state index in [2.05, 4.69) is 0 Å². The maximum atomic E-state index is 10.6. The Morgan fingerprint density at radius 1 is 1.64 bits per heavy atom. The first-order chi connectivity index (χ1) is 6.56. The van der Waals surface area contributed by atoms with Gasteiger partial charge in [-0.05, 0) is 24.1 Å². The average molecular weight is 190 g/mol. The summed E-state index contributed by atoms with van der Waals surface area (Å²) in [5.74, 6) is -0.963. The summed E-state index contributed by atoms with van der Waals surface area (Å²) in [7, 11) is 0. The van der Waals surface area contributed by atoms with Gasteiger partial charge < -0.3 is 10.8 Å². The van der Waals surface area contributed by atoms with Crippen molar-refractivity contribution in [2.24, 2.45) is 0 Å². The zero-order valence-corrected chi connectivity index (χ0v) is 7.74. The maximum absolute atomic E-state index is 10.6. The summed E-state index contributed by atoms with van der Waals surface area (Å²) in [6.07, 6.45) is -0.167. The molecule has 0 aliphatic heterocycles. The van der Waals surface area contributed by atoms with Gasteiger partial charge in [-0.2, -0.15) is 5.26 Å². The summed E-state index contributed by atoms with van der Waals surface area (Å²) in [5.41, 5.74) is 7.44. The van der Waals surface area contributed by atoms with Crippen LogP contribution in [0.3, 0.4) is 0 Å². The highest BCUT2D eigenvalue weighted by Gasteiger charge is 2.11. The standard InChI is InChI=1S/C10H10N2O2/c1-6-2-3-9(12)8(5-11)7(6)4-10(13)14/h2-3H,4,12H2,1H3,(H,13,14). The van der Waals surface area contributed by atoms with E-state index in [1.54, 1.807) is 19.1 Å². The molecule has 1 aromatic carbocycles. The number of hydrogen-bond donors (Lipinski definition) is 2. The van der Waals surface area contributed by atoms with Gasteiger partial charge in [-0.3, -0.25) is 4.79 Å². The molecule has 0 saturated heterocycles. The second-order valence-corrected chi connectivity index (χ2v) is 3.01. The molecule has 0 unspecified atom stereocenters. The first-order valence-electron chi connectivity index (χ1n) is 4.06. The van der Waals surface area contributed by atoms with E-state index in [-0.39, 0.29) is 12.0 Å². The molecule has 4 heteroatoms. The lowest BCUT2D eigenvalue weighted by Crippen LogP contribution is -2.06. The number of aryl methyl sites for hydroxylation is 1. The lowest BCUT2D eigenvalue weighted by molar-refractivity contribution is -0.136. The number of nitriles is 1. The van der Waals surface area contributed by atoms with Crippen LogP contribution in [0.4, 0.5) is 5.69 Å². The van der Waals surface area contributed by atoms with Crippen molar-refractivity contribution in [1.82, 2.24) is 0 Å². The third-order valence-corrected chi connectivity index (χ3v) is 2.02. The van der Waals surface area contributed by atoms with Gasteiger partial charge in [0.2, 0.25) is 0 Å². The number of hydrogen-bond acceptors (Lipinski definition) is 3. The monoisotopic (exact) mass is 190 g/mol. The first kappa shape index (κ1) is 10.1. The van der Waals surface area contributed by atoms with Gasteiger partial charge in [0.1, 0.15) is 6.07 Å². The molecule has 14 heavy (non-hydrogen) atoms. The molecule has 0 atom stereocenters. The number of carboxylic acids is 1. The van der Waals surface area contributed by atoms with Crippen molar-refractivity contribution in [2.45, 2.75) is 13.3 Å². The van der Waals surface area contributed by atoms with Crippen molar-refractivity contribution < 1.29 is 9.90 Å². The minimum absolute atomic E-state index is 0.167. The number of aliphatic carboxylic acids is 1. The van der Waals surface area contributed by atoms with Crippen LogP contribution in [0.25, 0.3) is 0 Å². The number of nitrogens with zero attached hydrogens (tertiary/aromatic N) is 1. The number of carboxylic acid groups (broad SMARTS) is 1. The van der Waals surface area contributed by atoms with Crippen LogP contribution >= 0.6 is 0 Å². The molecule has 0 spiro atoms. The molecule has 0 radical (unpaired) electrons. The van der Waals surface area contributed by atoms with Crippen LogP contribution in [0.2, 0.25) is 0 Å². The van der Waals surface area contributed by atoms with Crippen LogP contribution in [0, 0.1) is 18.3 Å². The number of rotatable bonds is 2. The lowest BCUT2D eigenvalue weighted by atomic mass is 9.98. The van der Waals surface area contributed by atoms with Gasteiger partial charge >= 0.3 is 5.97 Å². The summed E-state index contributed by atoms with van der Waals surface area (Å²) in [6, 6.07) is 5.25. The van der Waals surface area contributed by atoms with Crippen molar-refractivity contribution in [3.05, 3.63) is 28.8 Å². The second-order valence-electron chi connectivity index (χ2n) is 3.01. The fourth-order valence-corrected chi connectivity index (χ4v) is 1.28. The van der Waals surface area contributed by atoms with Crippen molar-refractivity contribution in [2.75, 3.05) is 5.73 Å². The fourth-order valence-electron chi connectivity index (χ4n) is 1.28. The quantitative estimate of drug-likeness (QED) is 0.683. The molecule has 0 heterocycles. The molecule has 0 bridgehead atoms. The first-order valence-corrected chi connectivity index (χ1v) is 4.06. The predicted molar refractivity (Wildman–Crippen MR) is 51.6 cm³/mol. The Morgan fingerprint density at radius 3 is 2.79 bits per heavy atom. The van der Waals surface area contributed by atoms with E-state index in [4.69, 9.17) is 16.1 Å². The summed E-state index contributed by atoms with van der Waals surface area (Å²) in [5, 5.41) is 17.5. The number of carbonyl (C=O) groups is 1. The molecule has 3 N–H and O–H groups in total. The number of anilines is 1. The Bertz CT molecular complexity index is 419. The van der Waals surface area contributed by atoms with E-state index >= 15 is 0 Å². The van der Waals surface area contributed by atoms with Gasteiger partial charge in [-0.1, -0.05) is 6.07 Å². The highest BCUT2D eigenvalue weighted by atomic mass is 16.4. The van der Waals surface area contributed by atoms with Gasteiger partial charge in [-0.15, -0.1) is 0 Å². The Morgan fingerprint density at radius 2 is 2.29 bits per heavy atom. The molecule has 0 aromatic heterocycles. The van der Waals surface area contributed by atoms with E-state index in [0.717, 1.165) is 5.56 Å². The third-order valence-electron chi connectivity index (χ3n) is 2.02. The maximum Gasteiger partial charge on any atom is 0.307 e. The van der Waals surface area contributed by atoms with E-state index in [9.17, 15) is 4.79 Å². The summed E-state index contributed by atoms with van der Waals surface area (Å²) < 4.78 is 0. The number of benzene rings is 1. The highest BCUT2D eigenvalue weighted by molar-refractivity contribution is 5.74. The van der Waals surface area contributed by atoms with Crippen molar-refractivity contribution >= 4 is 11.7 Å². The van der Waals surface area contributed by atoms with E-state index in [1.165, 1.54) is 0 Å². The molecule has 0 aliphatic rings. The second kappa shape index (κ2) is 3.79. The highest BCUT2D eigenvalue weighted by Crippen LogP contribution is 2.20. The van der Waals surface area contributed by atoms with Gasteiger partial charge in [0.05, 0.1) is 12.0 Å². The predicted octanol–water partition coefficient (Wildman–Crippen LogP) is 1.08. The molecule has 4 nitrogen and oxygen atoms in total. The number of nitrogen functional groups attached to an aromatic ring is 1. The van der Waals surface area contributed by atoms with Gasteiger partial charge in [-0.25, -0.2) is 0 Å². The van der Waals surface area contributed by atoms with Crippen LogP contribution in [0.5, 0.6) is 0 Å². The van der Waals surface area contributed by atoms with Crippen molar-refractivity contribution in [1.29, 1.82) is 5.26 Å². The van der Waals surface area contributed by atoms with Crippen molar-refractivity contribution in [3.8, 4) is 6.07 Å². The molecular weight excluding hydrogens is 180 g/mol. The van der Waals surface area contributed by atoms with Gasteiger partial charge in [0.15, 0.2) is 0 Å². The van der Waals surface area contributed by atoms with Gasteiger partial charge in [0.25, 0.3) is 0 Å². The normalized spacial score (nSPS) is 9.43. The zero-order chi connectivity index (χ0) is 10.7. The topological polar surface area (TPSA) is 87.1 Å². The van der Waals surface area contributed by atoms with E-state index in [1.807, 2.05) is 6.07 Å². The minimum Gasteiger partial charge on any atom is -0.481 e. The zero-order valence-electron chi connectivity index (χ0n) is 7.74. The van der Waals surface area contributed by atoms with E-state index < -0.39 is 5.97 Å². The molecule has 1 rings (SSSR count). The molecule has 0 amide bonds. The summed E-state index contributed by atoms with van der Waals surface area (Å²) in [4.78, 5) is 10.6. The third kappa shape index (κ3) is 1.83. The molecule has 72 valence electrons. The van der Waals surface area contributed by atoms with Crippen LogP contribution in [-0.2, 0) is 11.2 Å². The SMILES string of the molecule is Cc1ccc(N)c(C#N)c1CC(=O)O. The largest absolute Gasteiger partial charge is 0.481 e. The van der Waals surface area contributed by atoms with Crippen LogP contribution in [0.15, 0.2) is 12.1 Å². The van der Waals surface area contributed by atoms with Crippen LogP contribution < -0.4 is 5.73 Å². The minimum atomic E-state index is -0.963. The lowest BCUT2D eigenvalue weighted by Gasteiger charge is -2.07. The van der Waals surface area contributed by atoms with Crippen molar-refractivity contribution in [3.63, 3.8) is 0 Å². The Balaban J connectivity index is 3.31. The molecule has 0 aliphatic carbocycles. The Kier molecular flexibility index (Phi) is 2.73. The molecular formula is C10H10N2O2. The molecule has 0 fully saturated rings. The smallest absolute Gasteiger partial charge is 0.307 e. The van der Waals surface area contributed by atoms with Gasteiger partial charge in [0, 0.05) is 5.69 Å². The molecule has 1 aromatic rings. The average Bonchev–Trinajstić information content (AvgIpc) is 2.11. The number of nitrogens with two attached hydrogens (primary N) is 1. The Labute approximate surface area is 81.6 Å². The van der Waals surface area contributed by atoms with Crippen LogP contribution in [-0.4, -0.2) is 11.1 Å². The fraction of sp³-hybridized carbons (Fsp3) is 0.200. The summed E-state index contributed by atoms with van der Waals surface area (Å²) >= 11 is 0. The van der Waals surface area contributed by atoms with E-state index in [0.29, 0.717) is 11.3 Å².